The number of rotatable bonds is 8. The van der Waals surface area contributed by atoms with Crippen molar-refractivity contribution in [2.75, 3.05) is 5.73 Å². The summed E-state index contributed by atoms with van der Waals surface area (Å²) in [6, 6.07) is 14.9. The van der Waals surface area contributed by atoms with E-state index in [9.17, 15) is 10.1 Å². The molecule has 0 aliphatic carbocycles. The fraction of sp³-hybridized carbons (Fsp3) is 0.222. The predicted molar refractivity (Wildman–Crippen MR) is 141 cm³/mol. The van der Waals surface area contributed by atoms with Gasteiger partial charge in [-0.25, -0.2) is 19.0 Å². The number of hydrogen-bond donors (Lipinski definition) is 3. The summed E-state index contributed by atoms with van der Waals surface area (Å²) in [7, 11) is 0. The van der Waals surface area contributed by atoms with Gasteiger partial charge in [0.15, 0.2) is 5.65 Å². The van der Waals surface area contributed by atoms with Crippen molar-refractivity contribution in [3.8, 4) is 28.8 Å². The lowest BCUT2D eigenvalue weighted by atomic mass is 10.0. The van der Waals surface area contributed by atoms with Crippen LogP contribution in [0, 0.1) is 17.1 Å². The summed E-state index contributed by atoms with van der Waals surface area (Å²) < 4.78 is 22.5. The Morgan fingerprint density at radius 3 is 2.63 bits per heavy atom. The second-order valence-electron chi connectivity index (χ2n) is 9.41. The van der Waals surface area contributed by atoms with Crippen molar-refractivity contribution in [1.29, 1.82) is 5.26 Å². The summed E-state index contributed by atoms with van der Waals surface area (Å²) in [5, 5.41) is 17.1. The number of ether oxygens (including phenoxy) is 1. The second-order valence-corrected chi connectivity index (χ2v) is 9.41. The smallest absolute Gasteiger partial charge is 0.261 e. The molecule has 0 bridgehead atoms. The van der Waals surface area contributed by atoms with Crippen molar-refractivity contribution in [1.82, 2.24) is 25.1 Å². The molecule has 0 saturated heterocycles. The average molecular weight is 515 g/mol. The maximum Gasteiger partial charge on any atom is 0.261 e. The average Bonchev–Trinajstić information content (AvgIpc) is 3.21. The number of para-hydroxylation sites is 1. The quantitative estimate of drug-likeness (QED) is 0.237. The number of aromatic nitrogens is 4. The van der Waals surface area contributed by atoms with Gasteiger partial charge in [-0.15, -0.1) is 0 Å². The zero-order chi connectivity index (χ0) is 27.4. The number of hydrogen-bond acceptors (Lipinski definition) is 8. The number of anilines is 1. The number of amides is 1. The minimum atomic E-state index is -0.834. The van der Waals surface area contributed by atoms with Gasteiger partial charge >= 0.3 is 0 Å². The molecule has 0 radical (unpaired) electrons. The molecule has 0 unspecified atom stereocenters. The van der Waals surface area contributed by atoms with E-state index in [0.29, 0.717) is 22.5 Å². The third kappa shape index (κ3) is 5.93. The first-order valence-electron chi connectivity index (χ1n) is 11.8. The van der Waals surface area contributed by atoms with E-state index < -0.39 is 23.3 Å². The van der Waals surface area contributed by atoms with Crippen LogP contribution >= 0.6 is 0 Å². The number of carbonyl (C=O) groups excluding carboxylic acids is 1. The predicted octanol–water partition coefficient (Wildman–Crippen LogP) is 3.70. The third-order valence-electron chi connectivity index (χ3n) is 5.44. The van der Waals surface area contributed by atoms with Crippen LogP contribution in [0.15, 0.2) is 66.5 Å². The normalized spacial score (nSPS) is 12.7. The van der Waals surface area contributed by atoms with Gasteiger partial charge in [-0.05, 0) is 51.1 Å². The van der Waals surface area contributed by atoms with Crippen molar-refractivity contribution in [3.05, 3.63) is 72.3 Å². The number of carbonyl (C=O) groups is 1. The van der Waals surface area contributed by atoms with Gasteiger partial charge in [-0.2, -0.15) is 10.4 Å². The van der Waals surface area contributed by atoms with Gasteiger partial charge in [-0.3, -0.25) is 4.79 Å². The van der Waals surface area contributed by atoms with E-state index in [1.54, 1.807) is 45.0 Å². The van der Waals surface area contributed by atoms with Crippen LogP contribution in [-0.4, -0.2) is 37.2 Å². The molecule has 2 aromatic carbocycles. The number of nitrogens with one attached hydrogen (secondary N) is 1. The molecule has 4 aromatic rings. The van der Waals surface area contributed by atoms with Crippen LogP contribution in [0.3, 0.4) is 0 Å². The van der Waals surface area contributed by atoms with E-state index in [1.807, 2.05) is 24.3 Å². The van der Waals surface area contributed by atoms with Gasteiger partial charge in [-0.1, -0.05) is 18.2 Å². The highest BCUT2D eigenvalue weighted by atomic mass is 19.1. The van der Waals surface area contributed by atoms with Gasteiger partial charge in [0.1, 0.15) is 46.8 Å². The van der Waals surface area contributed by atoms with Crippen LogP contribution in [-0.2, 0) is 11.3 Å². The molecular weight excluding hydrogens is 487 g/mol. The number of benzene rings is 2. The van der Waals surface area contributed by atoms with E-state index in [2.05, 4.69) is 20.4 Å². The Hall–Kier alpha value is -4.82. The van der Waals surface area contributed by atoms with Crippen molar-refractivity contribution >= 4 is 22.8 Å². The zero-order valence-corrected chi connectivity index (χ0v) is 21.1. The Bertz CT molecular complexity index is 1550. The van der Waals surface area contributed by atoms with Crippen molar-refractivity contribution in [2.45, 2.75) is 38.9 Å². The molecule has 2 heterocycles. The summed E-state index contributed by atoms with van der Waals surface area (Å²) >= 11 is 0. The van der Waals surface area contributed by atoms with Crippen LogP contribution in [0.5, 0.6) is 11.5 Å². The lowest BCUT2D eigenvalue weighted by Gasteiger charge is -2.16. The molecule has 194 valence electrons. The summed E-state index contributed by atoms with van der Waals surface area (Å²) in [4.78, 5) is 20.9. The Morgan fingerprint density at radius 1 is 1.24 bits per heavy atom. The summed E-state index contributed by atoms with van der Waals surface area (Å²) in [6.45, 7) is 5.28. The van der Waals surface area contributed by atoms with E-state index in [1.165, 1.54) is 23.2 Å². The SMILES string of the molecule is C[C@@H](Cn1nc(-c2ccc(Oc3ccccc3)cc2F)c2c(N)ncnc21)NC(=O)C(C#N)=CC(C)(C)N. The highest BCUT2D eigenvalue weighted by molar-refractivity contribution is 5.99. The van der Waals surface area contributed by atoms with Gasteiger partial charge in [0.05, 0.1) is 11.9 Å². The maximum absolute atomic E-state index is 15.3. The Labute approximate surface area is 218 Å². The zero-order valence-electron chi connectivity index (χ0n) is 21.1. The minimum Gasteiger partial charge on any atom is -0.457 e. The molecule has 4 rings (SSSR count). The molecule has 1 atom stereocenters. The molecular formula is C27H27FN8O2. The molecule has 38 heavy (non-hydrogen) atoms. The van der Waals surface area contributed by atoms with Crippen molar-refractivity contribution in [3.63, 3.8) is 0 Å². The highest BCUT2D eigenvalue weighted by Crippen LogP contribution is 2.34. The first-order valence-corrected chi connectivity index (χ1v) is 11.8. The number of nitrogen functional groups attached to an aromatic ring is 1. The highest BCUT2D eigenvalue weighted by Gasteiger charge is 2.22. The van der Waals surface area contributed by atoms with Gasteiger partial charge < -0.3 is 21.5 Å². The molecule has 0 aliphatic heterocycles. The third-order valence-corrected chi connectivity index (χ3v) is 5.44. The Morgan fingerprint density at radius 2 is 1.97 bits per heavy atom. The fourth-order valence-electron chi connectivity index (χ4n) is 3.85. The maximum atomic E-state index is 15.3. The second kappa shape index (κ2) is 10.7. The number of halogens is 1. The summed E-state index contributed by atoms with van der Waals surface area (Å²) in [5.41, 5.74) is 11.9. The Kier molecular flexibility index (Phi) is 7.36. The fourth-order valence-corrected chi connectivity index (χ4v) is 3.85. The first kappa shape index (κ1) is 26.2. The lowest BCUT2D eigenvalue weighted by molar-refractivity contribution is -0.117. The Balaban J connectivity index is 1.63. The first-order chi connectivity index (χ1) is 18.1. The molecule has 0 aliphatic rings. The van der Waals surface area contributed by atoms with E-state index >= 15 is 4.39 Å². The van der Waals surface area contributed by atoms with Crippen molar-refractivity contribution < 1.29 is 13.9 Å². The molecule has 0 spiro atoms. The standard InChI is InChI=1S/C27H27FN8O2/c1-16(34-26(37)17(13-29)12-27(2,3)31)14-36-25-22(24(30)32-15-33-25)23(35-36)20-10-9-19(11-21(20)28)38-18-7-5-4-6-8-18/h4-12,15-16H,14,31H2,1-3H3,(H,34,37)(H2,30,32,33)/t16-/m0/s1. The number of fused-ring (bicyclic) bond motifs is 1. The van der Waals surface area contributed by atoms with E-state index in [-0.39, 0.29) is 29.2 Å². The summed E-state index contributed by atoms with van der Waals surface area (Å²) in [5.74, 6) is -0.0970. The largest absolute Gasteiger partial charge is 0.457 e. The lowest BCUT2D eigenvalue weighted by Crippen LogP contribution is -2.38. The van der Waals surface area contributed by atoms with Gasteiger partial charge in [0, 0.05) is 23.2 Å². The van der Waals surface area contributed by atoms with E-state index in [0.717, 1.165) is 0 Å². The van der Waals surface area contributed by atoms with E-state index in [4.69, 9.17) is 16.2 Å². The molecule has 2 aromatic heterocycles. The number of nitrogens with two attached hydrogens (primary N) is 2. The molecule has 5 N–H and O–H groups in total. The molecule has 11 heteroatoms. The molecule has 1 amide bonds. The van der Waals surface area contributed by atoms with Crippen molar-refractivity contribution in [2.24, 2.45) is 5.73 Å². The van der Waals surface area contributed by atoms with Crippen LogP contribution < -0.4 is 21.5 Å². The number of nitrogens with zero attached hydrogens (tertiary/aromatic N) is 5. The van der Waals surface area contributed by atoms with Crippen LogP contribution in [0.25, 0.3) is 22.3 Å². The van der Waals surface area contributed by atoms with Gasteiger partial charge in [0.2, 0.25) is 0 Å². The molecule has 0 saturated carbocycles. The number of nitriles is 1. The van der Waals surface area contributed by atoms with Crippen LogP contribution in [0.1, 0.15) is 20.8 Å². The van der Waals surface area contributed by atoms with Crippen LogP contribution in [0.2, 0.25) is 0 Å². The topological polar surface area (TPSA) is 158 Å². The summed E-state index contributed by atoms with van der Waals surface area (Å²) in [6.07, 6.45) is 2.69. The van der Waals surface area contributed by atoms with Gasteiger partial charge in [0.25, 0.3) is 5.91 Å². The van der Waals surface area contributed by atoms with Crippen LogP contribution in [0.4, 0.5) is 10.2 Å². The monoisotopic (exact) mass is 514 g/mol. The minimum absolute atomic E-state index is 0.0955. The molecule has 0 fully saturated rings. The molecule has 10 nitrogen and oxygen atoms in total.